The van der Waals surface area contributed by atoms with Crippen molar-refractivity contribution in [2.45, 2.75) is 45.3 Å². The van der Waals surface area contributed by atoms with Gasteiger partial charge in [-0.2, -0.15) is 0 Å². The Bertz CT molecular complexity index is 516. The maximum atomic E-state index is 5.69. The largest absolute Gasteiger partial charge is 0.379 e. The molecule has 0 aromatic heterocycles. The van der Waals surface area contributed by atoms with Gasteiger partial charge in [0, 0.05) is 40.4 Å². The lowest BCUT2D eigenvalue weighted by molar-refractivity contribution is 0.0168. The molecule has 1 atom stereocenters. The van der Waals surface area contributed by atoms with Crippen molar-refractivity contribution in [3.63, 3.8) is 0 Å². The first-order valence-electron chi connectivity index (χ1n) is 9.42. The van der Waals surface area contributed by atoms with E-state index in [9.17, 15) is 0 Å². The van der Waals surface area contributed by atoms with Gasteiger partial charge in [0.2, 0.25) is 0 Å². The van der Waals surface area contributed by atoms with Crippen molar-refractivity contribution in [3.05, 3.63) is 35.4 Å². The number of hydrogen-bond donors (Lipinski definition) is 1. The lowest BCUT2D eigenvalue weighted by Crippen LogP contribution is -2.39. The summed E-state index contributed by atoms with van der Waals surface area (Å²) in [6.45, 7) is 6.25. The van der Waals surface area contributed by atoms with Crippen molar-refractivity contribution in [2.24, 2.45) is 4.99 Å². The highest BCUT2D eigenvalue weighted by Gasteiger charge is 2.15. The highest BCUT2D eigenvalue weighted by Crippen LogP contribution is 2.12. The van der Waals surface area contributed by atoms with Gasteiger partial charge in [-0.25, -0.2) is 0 Å². The van der Waals surface area contributed by atoms with Crippen LogP contribution < -0.4 is 5.32 Å². The van der Waals surface area contributed by atoms with Crippen molar-refractivity contribution in [1.82, 2.24) is 10.2 Å². The fraction of sp³-hybridized carbons (Fsp3) is 0.650. The minimum atomic E-state index is 0. The molecule has 1 unspecified atom stereocenters. The molecule has 0 aliphatic carbocycles. The number of nitrogens with zero attached hydrogens (tertiary/aromatic N) is 2. The summed E-state index contributed by atoms with van der Waals surface area (Å²) in [6, 6.07) is 8.79. The lowest BCUT2D eigenvalue weighted by Gasteiger charge is -2.22. The second kappa shape index (κ2) is 13.3. The number of aliphatic imine (C=N–C) groups is 1. The molecule has 1 aliphatic rings. The molecule has 26 heavy (non-hydrogen) atoms. The van der Waals surface area contributed by atoms with E-state index in [1.807, 2.05) is 7.05 Å². The summed E-state index contributed by atoms with van der Waals surface area (Å²) in [5.41, 5.74) is 2.67. The zero-order valence-electron chi connectivity index (χ0n) is 16.4. The number of ether oxygens (including phenoxy) is 2. The van der Waals surface area contributed by atoms with Crippen LogP contribution in [0.15, 0.2) is 29.3 Å². The Morgan fingerprint density at radius 3 is 2.65 bits per heavy atom. The molecular weight excluding hydrogens is 441 g/mol. The van der Waals surface area contributed by atoms with Crippen LogP contribution in [-0.2, 0) is 22.4 Å². The summed E-state index contributed by atoms with van der Waals surface area (Å²) in [5, 5.41) is 3.41. The molecule has 1 aromatic rings. The van der Waals surface area contributed by atoms with Crippen LogP contribution in [0.5, 0.6) is 0 Å². The van der Waals surface area contributed by atoms with E-state index in [0.717, 1.165) is 58.1 Å². The molecule has 1 saturated heterocycles. The third-order valence-corrected chi connectivity index (χ3v) is 4.50. The second-order valence-corrected chi connectivity index (χ2v) is 6.56. The van der Waals surface area contributed by atoms with Crippen LogP contribution >= 0.6 is 24.0 Å². The van der Waals surface area contributed by atoms with Crippen molar-refractivity contribution in [2.75, 3.05) is 40.5 Å². The molecule has 148 valence electrons. The molecule has 1 aromatic carbocycles. The van der Waals surface area contributed by atoms with E-state index in [-0.39, 0.29) is 24.0 Å². The summed E-state index contributed by atoms with van der Waals surface area (Å²) < 4.78 is 11.2. The van der Waals surface area contributed by atoms with E-state index in [0.29, 0.717) is 6.10 Å². The van der Waals surface area contributed by atoms with Gasteiger partial charge in [-0.15, -0.1) is 24.0 Å². The Balaban J connectivity index is 0.00000338. The maximum absolute atomic E-state index is 5.69. The number of hydrogen-bond acceptors (Lipinski definition) is 3. The minimum absolute atomic E-state index is 0. The van der Waals surface area contributed by atoms with Crippen molar-refractivity contribution in [3.8, 4) is 0 Å². The summed E-state index contributed by atoms with van der Waals surface area (Å²) in [5.74, 6) is 0.915. The molecule has 1 aliphatic heterocycles. The predicted octanol–water partition coefficient (Wildman–Crippen LogP) is 3.46. The third kappa shape index (κ3) is 8.22. The van der Waals surface area contributed by atoms with Crippen LogP contribution in [0.25, 0.3) is 0 Å². The van der Waals surface area contributed by atoms with Gasteiger partial charge in [-0.1, -0.05) is 31.2 Å². The number of nitrogens with one attached hydrogen (secondary N) is 1. The number of rotatable bonds is 9. The number of guanidine groups is 1. The second-order valence-electron chi connectivity index (χ2n) is 6.56. The predicted molar refractivity (Wildman–Crippen MR) is 118 cm³/mol. The van der Waals surface area contributed by atoms with E-state index in [2.05, 4.69) is 53.4 Å². The molecule has 0 spiro atoms. The monoisotopic (exact) mass is 475 g/mol. The Hall–Kier alpha value is -0.860. The first kappa shape index (κ1) is 23.2. The number of halogens is 1. The lowest BCUT2D eigenvalue weighted by atomic mass is 10.1. The quantitative estimate of drug-likeness (QED) is 0.257. The Morgan fingerprint density at radius 1 is 1.31 bits per heavy atom. The van der Waals surface area contributed by atoms with E-state index < -0.39 is 0 Å². The Kier molecular flexibility index (Phi) is 11.9. The molecule has 5 nitrogen and oxygen atoms in total. The molecule has 1 fully saturated rings. The molecule has 1 heterocycles. The molecule has 0 radical (unpaired) electrons. The van der Waals surface area contributed by atoms with E-state index in [4.69, 9.17) is 9.47 Å². The normalized spacial score (nSPS) is 17.0. The fourth-order valence-electron chi connectivity index (χ4n) is 2.98. The standard InChI is InChI=1S/C20H33N3O2.HI/c1-4-17-8-10-18(11-9-17)15-23(3)20(21-2)22-12-6-13-24-16-19-7-5-14-25-19;/h8-11,19H,4-7,12-16H2,1-3H3,(H,21,22);1H. The van der Waals surface area contributed by atoms with Crippen LogP contribution in [0.2, 0.25) is 0 Å². The summed E-state index contributed by atoms with van der Waals surface area (Å²) in [6.07, 6.45) is 4.65. The molecule has 0 saturated carbocycles. The molecule has 0 amide bonds. The molecular formula is C20H34IN3O2. The van der Waals surface area contributed by atoms with Gasteiger partial charge in [0.15, 0.2) is 5.96 Å². The van der Waals surface area contributed by atoms with Crippen LogP contribution in [0.1, 0.15) is 37.3 Å². The molecule has 6 heteroatoms. The zero-order chi connectivity index (χ0) is 17.9. The van der Waals surface area contributed by atoms with Crippen molar-refractivity contribution in [1.29, 1.82) is 0 Å². The van der Waals surface area contributed by atoms with Crippen LogP contribution in [0.3, 0.4) is 0 Å². The van der Waals surface area contributed by atoms with Crippen molar-refractivity contribution >= 4 is 29.9 Å². The fourth-order valence-corrected chi connectivity index (χ4v) is 2.98. The topological polar surface area (TPSA) is 46.1 Å². The summed E-state index contributed by atoms with van der Waals surface area (Å²) >= 11 is 0. The van der Waals surface area contributed by atoms with E-state index in [1.54, 1.807) is 0 Å². The van der Waals surface area contributed by atoms with Crippen LogP contribution in [-0.4, -0.2) is 57.4 Å². The Morgan fingerprint density at radius 2 is 2.04 bits per heavy atom. The van der Waals surface area contributed by atoms with Crippen molar-refractivity contribution < 1.29 is 9.47 Å². The smallest absolute Gasteiger partial charge is 0.193 e. The average Bonchev–Trinajstić information content (AvgIpc) is 3.15. The van der Waals surface area contributed by atoms with Gasteiger partial charge in [0.25, 0.3) is 0 Å². The summed E-state index contributed by atoms with van der Waals surface area (Å²) in [7, 11) is 3.89. The van der Waals surface area contributed by atoms with Gasteiger partial charge in [0.1, 0.15) is 0 Å². The van der Waals surface area contributed by atoms with Gasteiger partial charge in [-0.05, 0) is 36.8 Å². The SMILES string of the molecule is CCc1ccc(CN(C)C(=NC)NCCCOCC2CCCO2)cc1.I. The van der Waals surface area contributed by atoms with Gasteiger partial charge >= 0.3 is 0 Å². The molecule has 2 rings (SSSR count). The first-order chi connectivity index (χ1) is 12.2. The molecule has 0 bridgehead atoms. The van der Waals surface area contributed by atoms with Gasteiger partial charge < -0.3 is 19.7 Å². The summed E-state index contributed by atoms with van der Waals surface area (Å²) in [4.78, 5) is 6.52. The highest BCUT2D eigenvalue weighted by molar-refractivity contribution is 14.0. The van der Waals surface area contributed by atoms with E-state index >= 15 is 0 Å². The zero-order valence-corrected chi connectivity index (χ0v) is 18.7. The Labute approximate surface area is 175 Å². The first-order valence-corrected chi connectivity index (χ1v) is 9.42. The molecule has 1 N–H and O–H groups in total. The van der Waals surface area contributed by atoms with Crippen LogP contribution in [0.4, 0.5) is 0 Å². The average molecular weight is 475 g/mol. The van der Waals surface area contributed by atoms with Crippen LogP contribution in [0, 0.1) is 0 Å². The third-order valence-electron chi connectivity index (χ3n) is 4.50. The minimum Gasteiger partial charge on any atom is -0.379 e. The number of aryl methyl sites for hydroxylation is 1. The van der Waals surface area contributed by atoms with E-state index in [1.165, 1.54) is 17.5 Å². The highest BCUT2D eigenvalue weighted by atomic mass is 127. The maximum Gasteiger partial charge on any atom is 0.193 e. The van der Waals surface area contributed by atoms with Gasteiger partial charge in [-0.3, -0.25) is 4.99 Å². The number of benzene rings is 1. The van der Waals surface area contributed by atoms with Gasteiger partial charge in [0.05, 0.1) is 12.7 Å².